The Morgan fingerprint density at radius 1 is 1.18 bits per heavy atom. The van der Waals surface area contributed by atoms with E-state index < -0.39 is 29.8 Å². The highest BCUT2D eigenvalue weighted by Gasteiger charge is 2.35. The van der Waals surface area contributed by atoms with Crippen LogP contribution in [0.2, 0.25) is 0 Å². The van der Waals surface area contributed by atoms with E-state index in [-0.39, 0.29) is 50.0 Å². The molecule has 0 radical (unpaired) electrons. The molecule has 2 amide bonds. The highest BCUT2D eigenvalue weighted by molar-refractivity contribution is 6.02. The molecule has 13 heteroatoms. The Morgan fingerprint density at radius 3 is 2.71 bits per heavy atom. The summed E-state index contributed by atoms with van der Waals surface area (Å²) in [7, 11) is 1.37. The second kappa shape index (κ2) is 12.2. The summed E-state index contributed by atoms with van der Waals surface area (Å²) in [6.45, 7) is 3.93. The van der Waals surface area contributed by atoms with Crippen molar-refractivity contribution in [2.75, 3.05) is 26.9 Å². The maximum Gasteiger partial charge on any atom is 0.270 e. The molecule has 2 aliphatic rings. The molecule has 2 aliphatic heterocycles. The van der Waals surface area contributed by atoms with Gasteiger partial charge in [0.15, 0.2) is 17.7 Å². The van der Waals surface area contributed by atoms with Crippen LogP contribution in [0.25, 0.3) is 0 Å². The van der Waals surface area contributed by atoms with E-state index >= 15 is 0 Å². The molecule has 1 aromatic carbocycles. The summed E-state index contributed by atoms with van der Waals surface area (Å²) in [4.78, 5) is 38.5. The molecule has 1 fully saturated rings. The van der Waals surface area contributed by atoms with Crippen molar-refractivity contribution in [3.8, 4) is 5.75 Å². The fourth-order valence-corrected chi connectivity index (χ4v) is 3.92. The maximum atomic E-state index is 13.6. The van der Waals surface area contributed by atoms with Crippen molar-refractivity contribution in [1.29, 1.82) is 0 Å². The largest absolute Gasteiger partial charge is 0.494 e. The van der Waals surface area contributed by atoms with Crippen LogP contribution in [0.15, 0.2) is 29.4 Å². The lowest BCUT2D eigenvalue weighted by molar-refractivity contribution is -0.170. The molecule has 3 heterocycles. The average Bonchev–Trinajstić information content (AvgIpc) is 3.41. The molecule has 0 spiro atoms. The highest BCUT2D eigenvalue weighted by Crippen LogP contribution is 2.23. The van der Waals surface area contributed by atoms with Gasteiger partial charge >= 0.3 is 0 Å². The number of halogens is 1. The van der Waals surface area contributed by atoms with E-state index in [1.165, 1.54) is 32.2 Å². The third-order valence-corrected chi connectivity index (χ3v) is 6.02. The normalized spacial score (nSPS) is 21.7. The first-order valence-corrected chi connectivity index (χ1v) is 12.1. The van der Waals surface area contributed by atoms with Gasteiger partial charge in [-0.25, -0.2) is 14.4 Å². The van der Waals surface area contributed by atoms with E-state index in [9.17, 15) is 19.1 Å². The van der Waals surface area contributed by atoms with Crippen molar-refractivity contribution in [3.63, 3.8) is 0 Å². The van der Waals surface area contributed by atoms with Crippen molar-refractivity contribution < 1.29 is 38.1 Å². The lowest BCUT2D eigenvalue weighted by atomic mass is 10.0. The molecular weight excluding hydrogens is 501 g/mol. The summed E-state index contributed by atoms with van der Waals surface area (Å²) in [5.74, 6) is -0.897. The van der Waals surface area contributed by atoms with Crippen molar-refractivity contribution in [1.82, 2.24) is 20.6 Å². The van der Waals surface area contributed by atoms with Gasteiger partial charge in [-0.1, -0.05) is 11.2 Å². The van der Waals surface area contributed by atoms with E-state index in [2.05, 4.69) is 25.8 Å². The zero-order chi connectivity index (χ0) is 27.2. The van der Waals surface area contributed by atoms with Crippen LogP contribution in [0.1, 0.15) is 40.9 Å². The molecule has 12 nitrogen and oxygen atoms in total. The molecule has 0 saturated carbocycles. The Bertz CT molecular complexity index is 1200. The first-order valence-electron chi connectivity index (χ1n) is 12.1. The summed E-state index contributed by atoms with van der Waals surface area (Å²) in [5, 5.41) is 18.8. The van der Waals surface area contributed by atoms with Gasteiger partial charge in [0.2, 0.25) is 5.91 Å². The third kappa shape index (κ3) is 6.79. The van der Waals surface area contributed by atoms with Crippen LogP contribution < -0.4 is 15.4 Å². The number of amides is 2. The van der Waals surface area contributed by atoms with E-state index in [0.717, 1.165) is 0 Å². The fourth-order valence-electron chi connectivity index (χ4n) is 3.92. The fraction of sp³-hybridized carbons (Fsp3) is 0.480. The van der Waals surface area contributed by atoms with E-state index in [0.29, 0.717) is 29.2 Å². The van der Waals surface area contributed by atoms with Crippen molar-refractivity contribution >= 4 is 17.5 Å². The van der Waals surface area contributed by atoms with Gasteiger partial charge in [0.05, 0.1) is 32.1 Å². The lowest BCUT2D eigenvalue weighted by Gasteiger charge is -2.31. The molecule has 1 aromatic heterocycles. The van der Waals surface area contributed by atoms with Crippen LogP contribution in [0.3, 0.4) is 0 Å². The van der Waals surface area contributed by atoms with Gasteiger partial charge in [-0.15, -0.1) is 0 Å². The number of carbonyl (C=O) groups is 2. The molecule has 2 aromatic rings. The summed E-state index contributed by atoms with van der Waals surface area (Å²) in [6.07, 6.45) is -1.81. The van der Waals surface area contributed by atoms with Crippen LogP contribution in [0.5, 0.6) is 5.75 Å². The Hall–Kier alpha value is -3.68. The second-order valence-electron chi connectivity index (χ2n) is 8.97. The maximum absolute atomic E-state index is 13.6. The Labute approximate surface area is 218 Å². The van der Waals surface area contributed by atoms with Gasteiger partial charge in [-0.3, -0.25) is 9.59 Å². The summed E-state index contributed by atoms with van der Waals surface area (Å²) < 4.78 is 30.2. The minimum Gasteiger partial charge on any atom is -0.494 e. The quantitative estimate of drug-likeness (QED) is 0.423. The predicted molar refractivity (Wildman–Crippen MR) is 131 cm³/mol. The number of aromatic nitrogens is 2. The standard InChI is InChI=1S/C25H30FN5O7/c1-13(32)24(33)28-10-16-11-37-23(12-36-16)22-8-19(31-38-22)18-7-20(30-14(2)29-18)25(34)27-9-15-4-5-17(26)21(6-15)35-3/h4-7,13,16,22-23,32H,8-12H2,1-3H3,(H,27,34)(H,28,33)/t13-,16+,22-,23+/m0/s1. The molecule has 4 atom stereocenters. The number of nitrogens with zero attached hydrogens (tertiary/aromatic N) is 3. The molecule has 0 unspecified atom stereocenters. The van der Waals surface area contributed by atoms with Crippen LogP contribution in [-0.2, 0) is 25.7 Å². The van der Waals surface area contributed by atoms with Gasteiger partial charge in [0, 0.05) is 19.5 Å². The number of oxime groups is 1. The van der Waals surface area contributed by atoms with E-state index in [1.807, 2.05) is 0 Å². The smallest absolute Gasteiger partial charge is 0.270 e. The summed E-state index contributed by atoms with van der Waals surface area (Å²) in [5.41, 5.74) is 1.84. The van der Waals surface area contributed by atoms with Crippen LogP contribution in [0.4, 0.5) is 4.39 Å². The first kappa shape index (κ1) is 27.4. The Kier molecular flexibility index (Phi) is 8.81. The van der Waals surface area contributed by atoms with Crippen molar-refractivity contribution in [2.45, 2.75) is 51.2 Å². The summed E-state index contributed by atoms with van der Waals surface area (Å²) in [6, 6.07) is 5.89. The van der Waals surface area contributed by atoms with Crippen LogP contribution >= 0.6 is 0 Å². The SMILES string of the molecule is COc1cc(CNC(=O)c2cc(C3=NO[C@H]([C@H]4CO[C@H](CNC(=O)[C@H](C)O)CO4)C3)nc(C)n2)ccc1F. The molecule has 3 N–H and O–H groups in total. The van der Waals surface area contributed by atoms with Gasteiger partial charge in [0.25, 0.3) is 5.91 Å². The molecular formula is C25H30FN5O7. The number of ether oxygens (including phenoxy) is 3. The van der Waals surface area contributed by atoms with E-state index in [4.69, 9.17) is 19.0 Å². The van der Waals surface area contributed by atoms with Crippen molar-refractivity contribution in [2.24, 2.45) is 5.16 Å². The number of benzene rings is 1. The average molecular weight is 532 g/mol. The predicted octanol–water partition coefficient (Wildman–Crippen LogP) is 0.637. The molecule has 4 rings (SSSR count). The van der Waals surface area contributed by atoms with Gasteiger partial charge < -0.3 is 34.8 Å². The number of hydrogen-bond donors (Lipinski definition) is 3. The topological polar surface area (TPSA) is 153 Å². The lowest BCUT2D eigenvalue weighted by Crippen LogP contribution is -2.47. The number of aliphatic hydroxyl groups excluding tert-OH is 1. The molecule has 38 heavy (non-hydrogen) atoms. The molecule has 0 aliphatic carbocycles. The number of carbonyl (C=O) groups excluding carboxylic acids is 2. The number of aryl methyl sites for hydroxylation is 1. The van der Waals surface area contributed by atoms with Crippen LogP contribution in [-0.4, -0.2) is 83.9 Å². The van der Waals surface area contributed by atoms with Gasteiger partial charge in [-0.2, -0.15) is 0 Å². The third-order valence-electron chi connectivity index (χ3n) is 6.02. The monoisotopic (exact) mass is 531 g/mol. The second-order valence-corrected chi connectivity index (χ2v) is 8.97. The molecule has 1 saturated heterocycles. The van der Waals surface area contributed by atoms with E-state index in [1.54, 1.807) is 13.0 Å². The van der Waals surface area contributed by atoms with Gasteiger partial charge in [-0.05, 0) is 37.6 Å². The summed E-state index contributed by atoms with van der Waals surface area (Å²) >= 11 is 0. The zero-order valence-corrected chi connectivity index (χ0v) is 21.3. The minimum atomic E-state index is -1.09. The molecule has 204 valence electrons. The number of rotatable bonds is 9. The first-order chi connectivity index (χ1) is 18.2. The number of nitrogens with one attached hydrogen (secondary N) is 2. The van der Waals surface area contributed by atoms with Crippen LogP contribution in [0, 0.1) is 12.7 Å². The molecule has 0 bridgehead atoms. The van der Waals surface area contributed by atoms with Crippen molar-refractivity contribution in [3.05, 3.63) is 52.9 Å². The number of hydrogen-bond acceptors (Lipinski definition) is 10. The Balaban J connectivity index is 1.31. The highest BCUT2D eigenvalue weighted by atomic mass is 19.1. The number of methoxy groups -OCH3 is 1. The number of aliphatic hydroxyl groups is 1. The minimum absolute atomic E-state index is 0.0941. The van der Waals surface area contributed by atoms with Gasteiger partial charge in [0.1, 0.15) is 29.4 Å². The Morgan fingerprint density at radius 2 is 2.00 bits per heavy atom. The zero-order valence-electron chi connectivity index (χ0n) is 21.3.